The molecule has 1 fully saturated rings. The second-order valence-corrected chi connectivity index (χ2v) is 7.47. The maximum absolute atomic E-state index is 13.1. The monoisotopic (exact) mass is 367 g/mol. The number of rotatable bonds is 4. The van der Waals surface area contributed by atoms with Crippen molar-refractivity contribution < 1.29 is 9.18 Å². The maximum atomic E-state index is 13.1. The standard InChI is InChI=1S/C17H19ClFN3OS/c1-11-3-2-6-22(8-11)9-13-10-24-17(20-13)21-16(23)14-5-4-12(19)7-15(14)18/h4-5,7,10-11H,2-3,6,8-9H2,1H3,(H,20,21,23). The van der Waals surface area contributed by atoms with E-state index < -0.39 is 5.82 Å². The molecule has 1 N–H and O–H groups in total. The number of nitrogens with one attached hydrogen (secondary N) is 1. The van der Waals surface area contributed by atoms with Crippen LogP contribution >= 0.6 is 22.9 Å². The molecule has 2 heterocycles. The average Bonchev–Trinajstić information content (AvgIpc) is 2.94. The summed E-state index contributed by atoms with van der Waals surface area (Å²) in [6.45, 7) is 5.25. The summed E-state index contributed by atoms with van der Waals surface area (Å²) in [4.78, 5) is 19.1. The number of anilines is 1. The number of benzene rings is 1. The predicted molar refractivity (Wildman–Crippen MR) is 95.2 cm³/mol. The third-order valence-electron chi connectivity index (χ3n) is 4.07. The van der Waals surface area contributed by atoms with Crippen molar-refractivity contribution in [2.45, 2.75) is 26.3 Å². The van der Waals surface area contributed by atoms with Crippen molar-refractivity contribution in [2.75, 3.05) is 18.4 Å². The van der Waals surface area contributed by atoms with Crippen LogP contribution in [0.2, 0.25) is 5.02 Å². The minimum Gasteiger partial charge on any atom is -0.298 e. The van der Waals surface area contributed by atoms with E-state index in [4.69, 9.17) is 11.6 Å². The topological polar surface area (TPSA) is 45.2 Å². The Morgan fingerprint density at radius 2 is 2.38 bits per heavy atom. The summed E-state index contributed by atoms with van der Waals surface area (Å²) in [5, 5.41) is 5.31. The second-order valence-electron chi connectivity index (χ2n) is 6.20. The third-order valence-corrected chi connectivity index (χ3v) is 5.19. The Bertz CT molecular complexity index is 736. The van der Waals surface area contributed by atoms with Gasteiger partial charge in [-0.1, -0.05) is 18.5 Å². The van der Waals surface area contributed by atoms with E-state index in [1.54, 1.807) is 0 Å². The molecule has 1 aromatic heterocycles. The highest BCUT2D eigenvalue weighted by Crippen LogP contribution is 2.23. The lowest BCUT2D eigenvalue weighted by molar-refractivity contribution is 0.102. The molecule has 1 saturated heterocycles. The Hall–Kier alpha value is -1.50. The molecule has 2 aromatic rings. The molecule has 128 valence electrons. The van der Waals surface area contributed by atoms with Crippen LogP contribution in [0.15, 0.2) is 23.6 Å². The lowest BCUT2D eigenvalue weighted by Gasteiger charge is -2.30. The summed E-state index contributed by atoms with van der Waals surface area (Å²) in [5.74, 6) is -0.131. The van der Waals surface area contributed by atoms with Gasteiger partial charge in [0, 0.05) is 18.5 Å². The molecule has 0 bridgehead atoms. The summed E-state index contributed by atoms with van der Waals surface area (Å²) in [6, 6.07) is 3.71. The molecule has 1 atom stereocenters. The highest BCUT2D eigenvalue weighted by atomic mass is 35.5. The van der Waals surface area contributed by atoms with Gasteiger partial charge in [-0.05, 0) is 43.5 Å². The minimum atomic E-state index is -0.469. The van der Waals surface area contributed by atoms with Crippen LogP contribution in [0.1, 0.15) is 35.8 Å². The first-order valence-corrected chi connectivity index (χ1v) is 9.20. The van der Waals surface area contributed by atoms with Gasteiger partial charge in [-0.15, -0.1) is 11.3 Å². The van der Waals surface area contributed by atoms with Crippen LogP contribution in [0.25, 0.3) is 0 Å². The van der Waals surface area contributed by atoms with Crippen molar-refractivity contribution in [3.63, 3.8) is 0 Å². The Morgan fingerprint density at radius 1 is 1.54 bits per heavy atom. The van der Waals surface area contributed by atoms with Crippen LogP contribution in [0.4, 0.5) is 9.52 Å². The van der Waals surface area contributed by atoms with Crippen LogP contribution in [0, 0.1) is 11.7 Å². The highest BCUT2D eigenvalue weighted by molar-refractivity contribution is 7.14. The number of halogens is 2. The van der Waals surface area contributed by atoms with Crippen LogP contribution in [0.5, 0.6) is 0 Å². The minimum absolute atomic E-state index is 0.0894. The number of nitrogens with zero attached hydrogens (tertiary/aromatic N) is 2. The van der Waals surface area contributed by atoms with Crippen molar-refractivity contribution in [3.8, 4) is 0 Å². The molecule has 0 aliphatic carbocycles. The van der Waals surface area contributed by atoms with Crippen LogP contribution in [-0.4, -0.2) is 28.9 Å². The van der Waals surface area contributed by atoms with Gasteiger partial charge in [0.15, 0.2) is 5.13 Å². The van der Waals surface area contributed by atoms with Gasteiger partial charge in [-0.25, -0.2) is 9.37 Å². The fourth-order valence-electron chi connectivity index (χ4n) is 2.93. The van der Waals surface area contributed by atoms with Gasteiger partial charge in [0.2, 0.25) is 0 Å². The van der Waals surface area contributed by atoms with Crippen LogP contribution < -0.4 is 5.32 Å². The Balaban J connectivity index is 1.62. The van der Waals surface area contributed by atoms with Gasteiger partial charge in [-0.3, -0.25) is 15.0 Å². The number of piperidine rings is 1. The first-order chi connectivity index (χ1) is 11.5. The largest absolute Gasteiger partial charge is 0.298 e. The van der Waals surface area contributed by atoms with Gasteiger partial charge in [0.25, 0.3) is 5.91 Å². The van der Waals surface area contributed by atoms with E-state index >= 15 is 0 Å². The first kappa shape index (κ1) is 17.3. The van der Waals surface area contributed by atoms with Gasteiger partial charge in [0.1, 0.15) is 5.82 Å². The van der Waals surface area contributed by atoms with Crippen molar-refractivity contribution in [3.05, 3.63) is 45.7 Å². The van der Waals surface area contributed by atoms with Crippen molar-refractivity contribution in [1.29, 1.82) is 0 Å². The lowest BCUT2D eigenvalue weighted by atomic mass is 10.0. The first-order valence-electron chi connectivity index (χ1n) is 7.94. The van der Waals surface area contributed by atoms with Gasteiger partial charge in [-0.2, -0.15) is 0 Å². The second kappa shape index (κ2) is 7.59. The molecule has 0 saturated carbocycles. The van der Waals surface area contributed by atoms with Crippen molar-refractivity contribution >= 4 is 34.0 Å². The maximum Gasteiger partial charge on any atom is 0.258 e. The summed E-state index contributed by atoms with van der Waals surface area (Å²) >= 11 is 7.30. The van der Waals surface area contributed by atoms with Crippen LogP contribution in [-0.2, 0) is 6.54 Å². The van der Waals surface area contributed by atoms with Crippen molar-refractivity contribution in [1.82, 2.24) is 9.88 Å². The molecule has 7 heteroatoms. The molecule has 1 aliphatic heterocycles. The zero-order valence-electron chi connectivity index (χ0n) is 13.4. The molecule has 1 aliphatic rings. The summed E-state index contributed by atoms with van der Waals surface area (Å²) in [6.07, 6.45) is 2.51. The van der Waals surface area contributed by atoms with E-state index in [-0.39, 0.29) is 16.5 Å². The lowest BCUT2D eigenvalue weighted by Crippen LogP contribution is -2.33. The quantitative estimate of drug-likeness (QED) is 0.870. The zero-order chi connectivity index (χ0) is 17.1. The fraction of sp³-hybridized carbons (Fsp3) is 0.412. The Morgan fingerprint density at radius 3 is 3.12 bits per heavy atom. The SMILES string of the molecule is CC1CCCN(Cc2csc(NC(=O)c3ccc(F)cc3Cl)n2)C1. The molecular weight excluding hydrogens is 349 g/mol. The number of hydrogen-bond acceptors (Lipinski definition) is 4. The van der Waals surface area contributed by atoms with E-state index in [2.05, 4.69) is 22.1 Å². The van der Waals surface area contributed by atoms with Crippen molar-refractivity contribution in [2.24, 2.45) is 5.92 Å². The average molecular weight is 368 g/mol. The van der Waals surface area contributed by atoms with Gasteiger partial charge < -0.3 is 0 Å². The van der Waals surface area contributed by atoms with Gasteiger partial charge >= 0.3 is 0 Å². The normalized spacial score (nSPS) is 18.5. The molecule has 1 amide bonds. The third kappa shape index (κ3) is 4.32. The molecule has 0 spiro atoms. The molecule has 4 nitrogen and oxygen atoms in total. The molecule has 24 heavy (non-hydrogen) atoms. The molecule has 0 radical (unpaired) electrons. The van der Waals surface area contributed by atoms with E-state index in [0.29, 0.717) is 5.13 Å². The summed E-state index contributed by atoms with van der Waals surface area (Å²) in [7, 11) is 0. The molecular formula is C17H19ClFN3OS. The molecule has 3 rings (SSSR count). The number of amides is 1. The van der Waals surface area contributed by atoms with E-state index in [9.17, 15) is 9.18 Å². The fourth-order valence-corrected chi connectivity index (χ4v) is 3.88. The number of hydrogen-bond donors (Lipinski definition) is 1. The smallest absolute Gasteiger partial charge is 0.258 e. The predicted octanol–water partition coefficient (Wildman–Crippen LogP) is 4.42. The van der Waals surface area contributed by atoms with Crippen LogP contribution in [0.3, 0.4) is 0 Å². The molecule has 1 unspecified atom stereocenters. The van der Waals surface area contributed by atoms with E-state index in [1.165, 1.54) is 36.3 Å². The summed E-state index contributed by atoms with van der Waals surface area (Å²) in [5.41, 5.74) is 1.19. The number of likely N-dealkylation sites (tertiary alicyclic amines) is 1. The Kier molecular flexibility index (Phi) is 5.48. The number of carbonyl (C=O) groups is 1. The number of thiazole rings is 1. The number of aromatic nitrogens is 1. The van der Waals surface area contributed by atoms with Gasteiger partial charge in [0.05, 0.1) is 16.3 Å². The number of carbonyl (C=O) groups excluding carboxylic acids is 1. The summed E-state index contributed by atoms with van der Waals surface area (Å²) < 4.78 is 13.1. The van der Waals surface area contributed by atoms with E-state index in [1.807, 2.05) is 5.38 Å². The highest BCUT2D eigenvalue weighted by Gasteiger charge is 2.18. The zero-order valence-corrected chi connectivity index (χ0v) is 15.0. The van der Waals surface area contributed by atoms with E-state index in [0.717, 1.165) is 37.3 Å². The Labute approximate surface area is 149 Å². The molecule has 1 aromatic carbocycles.